The van der Waals surface area contributed by atoms with Gasteiger partial charge in [0, 0.05) is 43.3 Å². The predicted octanol–water partition coefficient (Wildman–Crippen LogP) is 1.78. The maximum absolute atomic E-state index is 11.9. The number of hydrogen-bond donors (Lipinski definition) is 1. The van der Waals surface area contributed by atoms with E-state index in [1.54, 1.807) is 7.05 Å². The van der Waals surface area contributed by atoms with Gasteiger partial charge in [0.1, 0.15) is 0 Å². The quantitative estimate of drug-likeness (QED) is 0.854. The van der Waals surface area contributed by atoms with Gasteiger partial charge in [0.2, 0.25) is 0 Å². The molecule has 2 rings (SSSR count). The highest BCUT2D eigenvalue weighted by Crippen LogP contribution is 2.27. The number of fused-ring (bicyclic) bond motifs is 1. The fraction of sp³-hybridized carbons (Fsp3) is 0.143. The van der Waals surface area contributed by atoms with Crippen molar-refractivity contribution in [3.63, 3.8) is 0 Å². The van der Waals surface area contributed by atoms with Crippen molar-refractivity contribution in [2.24, 2.45) is 7.05 Å². The largest absolute Gasteiger partial charge is 0.478 e. The van der Waals surface area contributed by atoms with Gasteiger partial charge in [0.05, 0.1) is 5.69 Å². The maximum atomic E-state index is 11.9. The number of rotatable bonds is 3. The Morgan fingerprint density at radius 1 is 1.26 bits per heavy atom. The molecule has 0 radical (unpaired) electrons. The van der Waals surface area contributed by atoms with Crippen LogP contribution in [0.15, 0.2) is 42.6 Å². The summed E-state index contributed by atoms with van der Waals surface area (Å²) in [4.78, 5) is 23.7. The second-order valence-electron chi connectivity index (χ2n) is 4.21. The van der Waals surface area contributed by atoms with Gasteiger partial charge in [-0.25, -0.2) is 4.79 Å². The number of hydrogen-bond acceptors (Lipinski definition) is 2. The highest BCUT2D eigenvalue weighted by molar-refractivity contribution is 6.08. The molecule has 0 saturated heterocycles. The highest BCUT2D eigenvalue weighted by Gasteiger charge is 2.14. The summed E-state index contributed by atoms with van der Waals surface area (Å²) in [5.41, 5.74) is 1.76. The number of carbonyl (C=O) groups is 2. The number of carbonyl (C=O) groups excluding carboxylic acids is 1. The predicted molar refractivity (Wildman–Crippen MR) is 73.1 cm³/mol. The molecular weight excluding hydrogens is 244 g/mol. The molecule has 2 aromatic rings. The summed E-state index contributed by atoms with van der Waals surface area (Å²) in [5, 5.41) is 9.48. The number of likely N-dealkylation sites (N-methyl/N-ethyl adjacent to an activating group) is 1. The molecule has 0 bridgehead atoms. The first kappa shape index (κ1) is 12.9. The van der Waals surface area contributed by atoms with E-state index in [1.165, 1.54) is 4.90 Å². The Labute approximate surface area is 110 Å². The molecule has 5 heteroatoms. The molecular formula is C14H14N2O3. The Balaban J connectivity index is 2.39. The van der Waals surface area contributed by atoms with E-state index in [2.05, 4.69) is 0 Å². The first-order valence-corrected chi connectivity index (χ1v) is 5.73. The fourth-order valence-electron chi connectivity index (χ4n) is 1.96. The Morgan fingerprint density at radius 3 is 2.63 bits per heavy atom. The van der Waals surface area contributed by atoms with Gasteiger partial charge < -0.3 is 14.6 Å². The van der Waals surface area contributed by atoms with E-state index in [4.69, 9.17) is 5.11 Å². The van der Waals surface area contributed by atoms with Gasteiger partial charge in [-0.05, 0) is 6.07 Å². The smallest absolute Gasteiger partial charge is 0.328 e. The number of nitrogens with zero attached hydrogens (tertiary/aromatic N) is 2. The average Bonchev–Trinajstić information content (AvgIpc) is 2.73. The molecule has 0 aliphatic heterocycles. The first-order chi connectivity index (χ1) is 9.00. The van der Waals surface area contributed by atoms with E-state index >= 15 is 0 Å². The van der Waals surface area contributed by atoms with Gasteiger partial charge in [-0.15, -0.1) is 0 Å². The van der Waals surface area contributed by atoms with Crippen LogP contribution in [0, 0.1) is 0 Å². The van der Waals surface area contributed by atoms with Crippen molar-refractivity contribution in [1.29, 1.82) is 0 Å². The molecule has 0 saturated carbocycles. The molecule has 98 valence electrons. The Hall–Kier alpha value is -2.56. The molecule has 0 spiro atoms. The van der Waals surface area contributed by atoms with Gasteiger partial charge in [0.15, 0.2) is 0 Å². The second kappa shape index (κ2) is 4.97. The van der Waals surface area contributed by atoms with Gasteiger partial charge in [-0.1, -0.05) is 18.2 Å². The highest BCUT2D eigenvalue weighted by atomic mass is 16.4. The lowest BCUT2D eigenvalue weighted by molar-refractivity contribution is -0.131. The summed E-state index contributed by atoms with van der Waals surface area (Å²) in [7, 11) is 3.52. The van der Waals surface area contributed by atoms with E-state index in [0.29, 0.717) is 0 Å². The summed E-state index contributed by atoms with van der Waals surface area (Å²) >= 11 is 0. The molecule has 0 unspecified atom stereocenters. The fourth-order valence-corrected chi connectivity index (χ4v) is 1.96. The number of aryl methyl sites for hydroxylation is 1. The lowest BCUT2D eigenvalue weighted by atomic mass is 10.2. The normalized spacial score (nSPS) is 11.1. The first-order valence-electron chi connectivity index (χ1n) is 5.73. The van der Waals surface area contributed by atoms with Crippen LogP contribution >= 0.6 is 0 Å². The maximum Gasteiger partial charge on any atom is 0.328 e. The molecule has 0 aliphatic carbocycles. The third-order valence-electron chi connectivity index (χ3n) is 2.94. The summed E-state index contributed by atoms with van der Waals surface area (Å²) < 4.78 is 1.93. The van der Waals surface area contributed by atoms with Crippen LogP contribution in [0.1, 0.15) is 0 Å². The number of para-hydroxylation sites is 1. The van der Waals surface area contributed by atoms with Crippen molar-refractivity contribution >= 4 is 28.5 Å². The van der Waals surface area contributed by atoms with Gasteiger partial charge >= 0.3 is 5.97 Å². The number of amides is 1. The third kappa shape index (κ3) is 2.49. The molecule has 5 nitrogen and oxygen atoms in total. The zero-order chi connectivity index (χ0) is 14.0. The Kier molecular flexibility index (Phi) is 3.37. The van der Waals surface area contributed by atoms with Crippen molar-refractivity contribution in [2.45, 2.75) is 0 Å². The number of aromatic nitrogens is 1. The molecule has 19 heavy (non-hydrogen) atoms. The van der Waals surface area contributed by atoms with Crippen LogP contribution in [-0.2, 0) is 16.6 Å². The topological polar surface area (TPSA) is 62.5 Å². The van der Waals surface area contributed by atoms with Crippen LogP contribution in [-0.4, -0.2) is 28.6 Å². The van der Waals surface area contributed by atoms with Crippen LogP contribution in [0.3, 0.4) is 0 Å². The molecule has 1 amide bonds. The summed E-state index contributed by atoms with van der Waals surface area (Å²) in [6, 6.07) is 7.72. The Morgan fingerprint density at radius 2 is 1.95 bits per heavy atom. The van der Waals surface area contributed by atoms with E-state index in [1.807, 2.05) is 42.1 Å². The molecule has 1 N–H and O–H groups in total. The van der Waals surface area contributed by atoms with Crippen LogP contribution in [0.25, 0.3) is 10.9 Å². The monoisotopic (exact) mass is 258 g/mol. The molecule has 1 aromatic heterocycles. The second-order valence-corrected chi connectivity index (χ2v) is 4.21. The van der Waals surface area contributed by atoms with Gasteiger partial charge in [0.25, 0.3) is 5.91 Å². The standard InChI is InChI=1S/C14H14N2O3/c1-15-9-12(10-5-3-4-6-11(10)15)16(2)13(17)7-8-14(18)19/h3-9H,1-2H3,(H,18,19)/b8-7+. The number of anilines is 1. The van der Waals surface area contributed by atoms with Crippen LogP contribution in [0.4, 0.5) is 5.69 Å². The van der Waals surface area contributed by atoms with E-state index in [9.17, 15) is 9.59 Å². The van der Waals surface area contributed by atoms with Gasteiger partial charge in [-0.3, -0.25) is 4.79 Å². The number of carboxylic acid groups (broad SMARTS) is 1. The van der Waals surface area contributed by atoms with E-state index in [-0.39, 0.29) is 5.91 Å². The number of carboxylic acids is 1. The summed E-state index contributed by atoms with van der Waals surface area (Å²) in [6.45, 7) is 0. The molecule has 0 aliphatic rings. The Bertz CT molecular complexity index is 670. The lowest BCUT2D eigenvalue weighted by Crippen LogP contribution is -2.24. The molecule has 0 atom stereocenters. The zero-order valence-electron chi connectivity index (χ0n) is 10.7. The van der Waals surface area contributed by atoms with E-state index < -0.39 is 5.97 Å². The summed E-state index contributed by atoms with van der Waals surface area (Å²) in [6.07, 6.45) is 3.73. The average molecular weight is 258 g/mol. The van der Waals surface area contributed by atoms with Gasteiger partial charge in [-0.2, -0.15) is 0 Å². The van der Waals surface area contributed by atoms with Crippen LogP contribution in [0.5, 0.6) is 0 Å². The van der Waals surface area contributed by atoms with Crippen molar-refractivity contribution in [3.8, 4) is 0 Å². The van der Waals surface area contributed by atoms with Crippen molar-refractivity contribution in [3.05, 3.63) is 42.6 Å². The van der Waals surface area contributed by atoms with E-state index in [0.717, 1.165) is 28.7 Å². The molecule has 1 aromatic carbocycles. The minimum absolute atomic E-state index is 0.376. The SMILES string of the molecule is CN(C(=O)/C=C/C(=O)O)c1cn(C)c2ccccc12. The molecule has 0 fully saturated rings. The van der Waals surface area contributed by atoms with Crippen molar-refractivity contribution in [2.75, 3.05) is 11.9 Å². The minimum Gasteiger partial charge on any atom is -0.478 e. The molecule has 1 heterocycles. The number of benzene rings is 1. The van der Waals surface area contributed by atoms with Crippen molar-refractivity contribution < 1.29 is 14.7 Å². The van der Waals surface area contributed by atoms with Crippen LogP contribution < -0.4 is 4.90 Å². The van der Waals surface area contributed by atoms with Crippen molar-refractivity contribution in [1.82, 2.24) is 4.57 Å². The summed E-state index contributed by atoms with van der Waals surface area (Å²) in [5.74, 6) is -1.52. The number of aliphatic carboxylic acids is 1. The third-order valence-corrected chi connectivity index (χ3v) is 2.94. The minimum atomic E-state index is -1.14. The lowest BCUT2D eigenvalue weighted by Gasteiger charge is -2.13. The van der Waals surface area contributed by atoms with Crippen LogP contribution in [0.2, 0.25) is 0 Å². The zero-order valence-corrected chi connectivity index (χ0v) is 10.7.